The average Bonchev–Trinajstić information content (AvgIpc) is 1.88. The van der Waals surface area contributed by atoms with Gasteiger partial charge >= 0.3 is 67.0 Å². The molecule has 0 N–H and O–H groups in total. The molecule has 1 aliphatic rings. The Kier molecular flexibility index (Phi) is 2.97. The Morgan fingerprint density at radius 3 is 2.20 bits per heavy atom. The molecule has 10 heavy (non-hydrogen) atoms. The monoisotopic (exact) mass is 202 g/mol. The van der Waals surface area contributed by atoms with Crippen LogP contribution in [0.1, 0.15) is 25.7 Å². The summed E-state index contributed by atoms with van der Waals surface area (Å²) in [6, 6.07) is 0. The van der Waals surface area contributed by atoms with E-state index < -0.39 is 14.7 Å². The van der Waals surface area contributed by atoms with Crippen molar-refractivity contribution in [1.29, 1.82) is 0 Å². The SMILES string of the molecule is C[As](C)C1CCC(=O)CC1. The van der Waals surface area contributed by atoms with Gasteiger partial charge in [0.1, 0.15) is 0 Å². The summed E-state index contributed by atoms with van der Waals surface area (Å²) in [5, 5.41) is 0. The first-order valence-corrected chi connectivity index (χ1v) is 8.72. The van der Waals surface area contributed by atoms with Gasteiger partial charge in [0.25, 0.3) is 0 Å². The molecule has 0 aromatic rings. The number of carbonyl (C=O) groups is 1. The molecular formula is C8H15AsO. The topological polar surface area (TPSA) is 17.1 Å². The second kappa shape index (κ2) is 3.57. The molecule has 0 atom stereocenters. The summed E-state index contributed by atoms with van der Waals surface area (Å²) in [6.45, 7) is 0. The number of ketones is 1. The summed E-state index contributed by atoms with van der Waals surface area (Å²) in [7, 11) is 0. The Labute approximate surface area is 67.5 Å². The molecule has 1 saturated carbocycles. The van der Waals surface area contributed by atoms with Crippen molar-refractivity contribution >= 4 is 20.4 Å². The average molecular weight is 202 g/mol. The van der Waals surface area contributed by atoms with E-state index in [0.717, 1.165) is 17.5 Å². The molecule has 0 bridgehead atoms. The fourth-order valence-corrected chi connectivity index (χ4v) is 4.15. The van der Waals surface area contributed by atoms with Crippen molar-refractivity contribution in [2.75, 3.05) is 0 Å². The summed E-state index contributed by atoms with van der Waals surface area (Å²) in [4.78, 5) is 10.8. The molecule has 1 aliphatic carbocycles. The van der Waals surface area contributed by atoms with Crippen LogP contribution in [0.25, 0.3) is 0 Å². The van der Waals surface area contributed by atoms with Crippen LogP contribution in [0.2, 0.25) is 16.1 Å². The van der Waals surface area contributed by atoms with Crippen LogP contribution in [-0.4, -0.2) is 20.4 Å². The summed E-state index contributed by atoms with van der Waals surface area (Å²) in [5.41, 5.74) is 4.79. The molecule has 0 unspecified atom stereocenters. The normalized spacial score (nSPS) is 22.1. The second-order valence-corrected chi connectivity index (χ2v) is 8.81. The van der Waals surface area contributed by atoms with Gasteiger partial charge in [0.05, 0.1) is 0 Å². The van der Waals surface area contributed by atoms with Gasteiger partial charge in [0.15, 0.2) is 0 Å². The van der Waals surface area contributed by atoms with E-state index in [1.54, 1.807) is 0 Å². The Balaban J connectivity index is 2.33. The predicted molar refractivity (Wildman–Crippen MR) is 44.7 cm³/mol. The minimum atomic E-state index is -0.492. The van der Waals surface area contributed by atoms with E-state index in [-0.39, 0.29) is 0 Å². The predicted octanol–water partition coefficient (Wildman–Crippen LogP) is 2.25. The number of Topliss-reactive ketones (excluding diaryl/α,β-unsaturated/α-hetero) is 1. The van der Waals surface area contributed by atoms with Crippen LogP contribution in [-0.2, 0) is 4.79 Å². The van der Waals surface area contributed by atoms with Crippen molar-refractivity contribution in [2.24, 2.45) is 0 Å². The van der Waals surface area contributed by atoms with Crippen LogP contribution in [0.5, 0.6) is 0 Å². The molecule has 0 amide bonds. The Hall–Kier alpha value is 0.228. The molecule has 58 valence electrons. The Morgan fingerprint density at radius 2 is 1.80 bits per heavy atom. The third-order valence-electron chi connectivity index (χ3n) is 2.24. The van der Waals surface area contributed by atoms with Gasteiger partial charge < -0.3 is 0 Å². The van der Waals surface area contributed by atoms with E-state index >= 15 is 0 Å². The van der Waals surface area contributed by atoms with Crippen LogP contribution >= 0.6 is 0 Å². The van der Waals surface area contributed by atoms with Crippen molar-refractivity contribution in [3.05, 3.63) is 0 Å². The van der Waals surface area contributed by atoms with Crippen molar-refractivity contribution < 1.29 is 4.79 Å². The fourth-order valence-electron chi connectivity index (χ4n) is 1.44. The minimum absolute atomic E-state index is 0.492. The van der Waals surface area contributed by atoms with E-state index in [4.69, 9.17) is 0 Å². The number of hydrogen-bond acceptors (Lipinski definition) is 1. The molecule has 0 radical (unpaired) electrons. The van der Waals surface area contributed by atoms with Crippen molar-refractivity contribution in [2.45, 2.75) is 41.8 Å². The first-order valence-electron chi connectivity index (χ1n) is 3.88. The van der Waals surface area contributed by atoms with E-state index in [1.165, 1.54) is 12.8 Å². The zero-order valence-electron chi connectivity index (χ0n) is 6.76. The molecule has 0 spiro atoms. The van der Waals surface area contributed by atoms with Crippen molar-refractivity contribution in [3.8, 4) is 0 Å². The Bertz CT molecular complexity index is 121. The molecule has 0 heterocycles. The van der Waals surface area contributed by atoms with Crippen molar-refractivity contribution in [1.82, 2.24) is 0 Å². The van der Waals surface area contributed by atoms with Gasteiger partial charge in [-0.15, -0.1) is 0 Å². The zero-order valence-corrected chi connectivity index (χ0v) is 8.64. The molecule has 0 aromatic carbocycles. The molecule has 2 heteroatoms. The van der Waals surface area contributed by atoms with Crippen molar-refractivity contribution in [3.63, 3.8) is 0 Å². The van der Waals surface area contributed by atoms with Gasteiger partial charge in [-0.25, -0.2) is 0 Å². The van der Waals surface area contributed by atoms with Gasteiger partial charge in [-0.2, -0.15) is 0 Å². The van der Waals surface area contributed by atoms with E-state index in [0.29, 0.717) is 5.78 Å². The summed E-state index contributed by atoms with van der Waals surface area (Å²) >= 11 is -0.492. The number of hydrogen-bond donors (Lipinski definition) is 0. The molecular weight excluding hydrogens is 187 g/mol. The van der Waals surface area contributed by atoms with Crippen LogP contribution in [0, 0.1) is 0 Å². The standard InChI is InChI=1S/C8H15AsO/c1-9(2)7-3-5-8(10)6-4-7/h7H,3-6H2,1-2H3. The maximum absolute atomic E-state index is 10.8. The number of carbonyl (C=O) groups excluding carboxylic acids is 1. The maximum atomic E-state index is 10.8. The quantitative estimate of drug-likeness (QED) is 0.596. The first kappa shape index (κ1) is 8.33. The fraction of sp³-hybridized carbons (Fsp3) is 0.875. The molecule has 1 rings (SSSR count). The molecule has 0 aliphatic heterocycles. The van der Waals surface area contributed by atoms with E-state index in [2.05, 4.69) is 11.4 Å². The molecule has 1 fully saturated rings. The second-order valence-electron chi connectivity index (χ2n) is 3.23. The zero-order chi connectivity index (χ0) is 7.56. The summed E-state index contributed by atoms with van der Waals surface area (Å²) < 4.78 is 0.963. The third kappa shape index (κ3) is 2.12. The van der Waals surface area contributed by atoms with E-state index in [1.807, 2.05) is 0 Å². The van der Waals surface area contributed by atoms with Crippen LogP contribution < -0.4 is 0 Å². The third-order valence-corrected chi connectivity index (χ3v) is 6.39. The van der Waals surface area contributed by atoms with Crippen LogP contribution in [0.15, 0.2) is 0 Å². The summed E-state index contributed by atoms with van der Waals surface area (Å²) in [6.07, 6.45) is 4.15. The van der Waals surface area contributed by atoms with Gasteiger partial charge in [0.2, 0.25) is 0 Å². The molecule has 0 aromatic heterocycles. The van der Waals surface area contributed by atoms with E-state index in [9.17, 15) is 4.79 Å². The Morgan fingerprint density at radius 1 is 1.30 bits per heavy atom. The van der Waals surface area contributed by atoms with Gasteiger partial charge in [-0.1, -0.05) is 0 Å². The first-order chi connectivity index (χ1) is 4.70. The van der Waals surface area contributed by atoms with Gasteiger partial charge in [-0.05, 0) is 0 Å². The number of rotatable bonds is 1. The van der Waals surface area contributed by atoms with Crippen LogP contribution in [0.3, 0.4) is 0 Å². The summed E-state index contributed by atoms with van der Waals surface area (Å²) in [5.74, 6) is 0.493. The molecule has 1 nitrogen and oxygen atoms in total. The molecule has 0 saturated heterocycles. The van der Waals surface area contributed by atoms with Gasteiger partial charge in [-0.3, -0.25) is 0 Å². The van der Waals surface area contributed by atoms with Crippen LogP contribution in [0.4, 0.5) is 0 Å². The van der Waals surface area contributed by atoms with Gasteiger partial charge in [0, 0.05) is 0 Å².